The third kappa shape index (κ3) is 4.99. The van der Waals surface area contributed by atoms with E-state index in [2.05, 4.69) is 56.5 Å². The third-order valence-electron chi connectivity index (χ3n) is 7.85. The lowest BCUT2D eigenvalue weighted by molar-refractivity contribution is -0.165. The summed E-state index contributed by atoms with van der Waals surface area (Å²) < 4.78 is 6.80. The summed E-state index contributed by atoms with van der Waals surface area (Å²) in [5.41, 5.74) is 4.76. The van der Waals surface area contributed by atoms with Crippen LogP contribution in [0, 0.1) is 11.8 Å². The van der Waals surface area contributed by atoms with E-state index in [4.69, 9.17) is 14.7 Å². The Kier molecular flexibility index (Phi) is 7.69. The minimum Gasteiger partial charge on any atom is -0.487 e. The fourth-order valence-electron chi connectivity index (χ4n) is 5.86. The van der Waals surface area contributed by atoms with E-state index in [9.17, 15) is 4.79 Å². The highest BCUT2D eigenvalue weighted by atomic mass is 16.7. The first-order chi connectivity index (χ1) is 17.6. The van der Waals surface area contributed by atoms with E-state index >= 15 is 0 Å². The molecule has 1 aliphatic carbocycles. The van der Waals surface area contributed by atoms with Gasteiger partial charge in [-0.15, -0.1) is 0 Å². The van der Waals surface area contributed by atoms with E-state index in [0.29, 0.717) is 17.8 Å². The number of hydrogen-bond donors (Lipinski definition) is 0. The molecule has 2 aromatic carbocycles. The second kappa shape index (κ2) is 10.6. The molecule has 2 aliphatic rings. The van der Waals surface area contributed by atoms with E-state index in [1.165, 1.54) is 38.9 Å². The van der Waals surface area contributed by atoms with Crippen LogP contribution in [0.1, 0.15) is 76.8 Å². The minimum absolute atomic E-state index is 0.0949. The van der Waals surface area contributed by atoms with E-state index in [-0.39, 0.29) is 11.5 Å². The Morgan fingerprint density at radius 2 is 1.84 bits per heavy atom. The van der Waals surface area contributed by atoms with Crippen LogP contribution in [-0.4, -0.2) is 40.7 Å². The summed E-state index contributed by atoms with van der Waals surface area (Å²) in [4.78, 5) is 24.9. The molecular weight excluding hydrogens is 462 g/mol. The van der Waals surface area contributed by atoms with Crippen molar-refractivity contribution in [2.75, 3.05) is 14.2 Å². The number of fused-ring (bicyclic) bond motifs is 8. The molecule has 0 N–H and O–H groups in total. The molecule has 2 heterocycles. The van der Waals surface area contributed by atoms with Crippen LogP contribution in [0.4, 0.5) is 0 Å². The van der Waals surface area contributed by atoms with Crippen molar-refractivity contribution in [3.63, 3.8) is 0 Å². The van der Waals surface area contributed by atoms with E-state index in [0.717, 1.165) is 44.0 Å². The lowest BCUT2D eigenvalue weighted by atomic mass is 9.64. The molecule has 1 aliphatic heterocycles. The number of aromatic nitrogens is 2. The minimum atomic E-state index is -0.186. The van der Waals surface area contributed by atoms with Crippen LogP contribution in [0.15, 0.2) is 36.9 Å². The Morgan fingerprint density at radius 1 is 1.16 bits per heavy atom. The Bertz CT molecular complexity index is 1360. The smallest absolute Gasteiger partial charge is 0.242 e. The molecule has 3 aromatic rings. The molecule has 2 unspecified atom stereocenters. The number of benzene rings is 2. The maximum Gasteiger partial charge on any atom is 0.242 e. The van der Waals surface area contributed by atoms with Crippen LogP contribution in [0.25, 0.3) is 34.0 Å². The maximum atomic E-state index is 10.2. The van der Waals surface area contributed by atoms with Gasteiger partial charge in [0.25, 0.3) is 0 Å². The topological polar surface area (TPSA) is 64.6 Å². The molecule has 6 nitrogen and oxygen atoms in total. The largest absolute Gasteiger partial charge is 0.487 e. The van der Waals surface area contributed by atoms with Crippen molar-refractivity contribution in [1.29, 1.82) is 0 Å². The van der Waals surface area contributed by atoms with Gasteiger partial charge < -0.3 is 4.74 Å². The molecule has 0 saturated heterocycles. The van der Waals surface area contributed by atoms with Crippen LogP contribution in [0.2, 0.25) is 0 Å². The predicted octanol–water partition coefficient (Wildman–Crippen LogP) is 7.18. The number of hydroxylamine groups is 2. The number of rotatable bonds is 3. The highest BCUT2D eigenvalue weighted by Crippen LogP contribution is 2.56. The molecule has 6 heteroatoms. The Balaban J connectivity index is 0.000000405. The zero-order valence-corrected chi connectivity index (χ0v) is 23.2. The first kappa shape index (κ1) is 26.8. The van der Waals surface area contributed by atoms with Gasteiger partial charge in [-0.2, -0.15) is 0 Å². The van der Waals surface area contributed by atoms with Gasteiger partial charge in [-0.25, -0.2) is 15.0 Å². The maximum absolute atomic E-state index is 10.2. The first-order valence-corrected chi connectivity index (χ1v) is 13.1. The summed E-state index contributed by atoms with van der Waals surface area (Å²) in [6.45, 7) is 14.3. The second-order valence-electron chi connectivity index (χ2n) is 10.7. The van der Waals surface area contributed by atoms with Gasteiger partial charge in [0.05, 0.1) is 29.5 Å². The number of allylic oxidation sites excluding steroid dienone is 1. The predicted molar refractivity (Wildman–Crippen MR) is 151 cm³/mol. The van der Waals surface area contributed by atoms with Crippen LogP contribution < -0.4 is 4.74 Å². The van der Waals surface area contributed by atoms with Crippen LogP contribution in [0.3, 0.4) is 0 Å². The normalized spacial score (nSPS) is 22.0. The Labute approximate surface area is 220 Å². The average Bonchev–Trinajstić information content (AvgIpc) is 2.88. The quantitative estimate of drug-likeness (QED) is 0.281. The van der Waals surface area contributed by atoms with Crippen molar-refractivity contribution in [3.05, 3.63) is 53.9 Å². The average molecular weight is 502 g/mol. The molecule has 0 spiro atoms. The fraction of sp³-hybridized carbons (Fsp3) is 0.452. The van der Waals surface area contributed by atoms with Crippen molar-refractivity contribution in [2.24, 2.45) is 11.8 Å². The molecule has 3 atom stereocenters. The number of ether oxygens (including phenoxy) is 1. The number of amides is 1. The Hall–Kier alpha value is -3.25. The van der Waals surface area contributed by atoms with Gasteiger partial charge in [0.1, 0.15) is 11.4 Å². The van der Waals surface area contributed by atoms with E-state index in [1.807, 2.05) is 19.1 Å². The highest BCUT2D eigenvalue weighted by molar-refractivity contribution is 6.10. The Morgan fingerprint density at radius 3 is 2.43 bits per heavy atom. The molecule has 1 fully saturated rings. The van der Waals surface area contributed by atoms with Gasteiger partial charge in [-0.3, -0.25) is 9.63 Å². The standard InChI is InChI=1S/C27H30N2O.C4H9NO2/c1-6-10-22-21(7-2)28-24-17-11-8-9-12-18(17)26-23(25(24)29-22)19-15-16(3)13-14-20(19)27(4,5)30-26;1-4(6)5(2)7-3/h6-12,16,19-20H,2,13-15H2,1,3-5H3;1-3H3/b10-6-;/t16?,19-,20?;/m0./s1. The van der Waals surface area contributed by atoms with Gasteiger partial charge in [-0.1, -0.05) is 50.3 Å². The van der Waals surface area contributed by atoms with Crippen molar-refractivity contribution >= 4 is 39.9 Å². The number of carbonyl (C=O) groups is 1. The van der Waals surface area contributed by atoms with Crippen molar-refractivity contribution in [3.8, 4) is 5.75 Å². The van der Waals surface area contributed by atoms with Gasteiger partial charge in [0.2, 0.25) is 5.91 Å². The monoisotopic (exact) mass is 501 g/mol. The van der Waals surface area contributed by atoms with Gasteiger partial charge >= 0.3 is 0 Å². The van der Waals surface area contributed by atoms with Crippen molar-refractivity contribution in [2.45, 2.75) is 65.4 Å². The first-order valence-electron chi connectivity index (χ1n) is 13.1. The molecule has 1 aromatic heterocycles. The lowest BCUT2D eigenvalue weighted by Crippen LogP contribution is -2.46. The van der Waals surface area contributed by atoms with Gasteiger partial charge in [-0.05, 0) is 57.6 Å². The van der Waals surface area contributed by atoms with Crippen LogP contribution in [0.5, 0.6) is 5.75 Å². The molecular formula is C31H39N3O3. The van der Waals surface area contributed by atoms with Crippen molar-refractivity contribution < 1.29 is 14.4 Å². The lowest BCUT2D eigenvalue weighted by Gasteiger charge is -2.49. The zero-order valence-electron chi connectivity index (χ0n) is 23.2. The number of nitrogens with zero attached hydrogens (tertiary/aromatic N) is 3. The molecule has 37 heavy (non-hydrogen) atoms. The van der Waals surface area contributed by atoms with Crippen LogP contribution >= 0.6 is 0 Å². The number of hydrogen-bond acceptors (Lipinski definition) is 5. The van der Waals surface area contributed by atoms with Crippen LogP contribution in [-0.2, 0) is 9.63 Å². The third-order valence-corrected chi connectivity index (χ3v) is 7.85. The molecule has 0 radical (unpaired) electrons. The molecule has 196 valence electrons. The van der Waals surface area contributed by atoms with Gasteiger partial charge in [0.15, 0.2) is 0 Å². The van der Waals surface area contributed by atoms with E-state index in [1.54, 1.807) is 13.1 Å². The fourth-order valence-corrected chi connectivity index (χ4v) is 5.86. The summed E-state index contributed by atoms with van der Waals surface area (Å²) in [5.74, 6) is 2.58. The molecule has 1 saturated carbocycles. The SMILES string of the molecule is C=Cc1nc2c(nc1/C=C\C)c1c(c3ccccc32)OC(C)(C)C2CCC(C)C[C@H]12.CON(C)C(C)=O. The molecule has 1 amide bonds. The summed E-state index contributed by atoms with van der Waals surface area (Å²) in [5, 5.41) is 3.40. The summed E-state index contributed by atoms with van der Waals surface area (Å²) >= 11 is 0. The van der Waals surface area contributed by atoms with Crippen molar-refractivity contribution in [1.82, 2.24) is 15.0 Å². The highest BCUT2D eigenvalue weighted by Gasteiger charge is 2.47. The molecule has 0 bridgehead atoms. The van der Waals surface area contributed by atoms with Gasteiger partial charge in [0, 0.05) is 36.2 Å². The molecule has 5 rings (SSSR count). The summed E-state index contributed by atoms with van der Waals surface area (Å²) in [6.07, 6.45) is 9.50. The second-order valence-corrected chi connectivity index (χ2v) is 10.7. The summed E-state index contributed by atoms with van der Waals surface area (Å²) in [7, 11) is 3.00. The zero-order chi connectivity index (χ0) is 26.9. The van der Waals surface area contributed by atoms with E-state index < -0.39 is 0 Å². The number of carbonyl (C=O) groups excluding carboxylic acids is 1. The summed E-state index contributed by atoms with van der Waals surface area (Å²) in [6, 6.07) is 8.48.